The van der Waals surface area contributed by atoms with Crippen LogP contribution in [0.3, 0.4) is 0 Å². The fourth-order valence-electron chi connectivity index (χ4n) is 1.43. The van der Waals surface area contributed by atoms with E-state index in [0.717, 1.165) is 4.47 Å². The van der Waals surface area contributed by atoms with E-state index in [9.17, 15) is 4.39 Å². The van der Waals surface area contributed by atoms with Crippen LogP contribution in [0.1, 0.15) is 5.76 Å². The van der Waals surface area contributed by atoms with Gasteiger partial charge in [-0.3, -0.25) is 0 Å². The number of nitrogens with zero attached hydrogens (tertiary/aromatic N) is 1. The number of nitrogens with one attached hydrogen (secondary N) is 1. The predicted molar refractivity (Wildman–Crippen MR) is 63.9 cm³/mol. The summed E-state index contributed by atoms with van der Waals surface area (Å²) in [5.41, 5.74) is 0.945. The Morgan fingerprint density at radius 1 is 1.44 bits per heavy atom. The molecule has 16 heavy (non-hydrogen) atoms. The number of anilines is 1. The molecule has 0 amide bonds. The van der Waals surface area contributed by atoms with Crippen molar-refractivity contribution in [2.75, 3.05) is 12.4 Å². The highest BCUT2D eigenvalue weighted by atomic mass is 79.9. The first-order valence-electron chi connectivity index (χ1n) is 4.72. The number of hydrogen-bond acceptors (Lipinski definition) is 3. The Hall–Kier alpha value is -1.36. The van der Waals surface area contributed by atoms with Crippen LogP contribution in [0.2, 0.25) is 0 Å². The number of aromatic nitrogens is 1. The number of halogens is 2. The minimum absolute atomic E-state index is 0.317. The maximum atomic E-state index is 13.6. The van der Waals surface area contributed by atoms with Crippen molar-refractivity contribution >= 4 is 21.9 Å². The van der Waals surface area contributed by atoms with Crippen molar-refractivity contribution < 1.29 is 8.81 Å². The fraction of sp³-hybridized carbons (Fsp3) is 0.182. The van der Waals surface area contributed by atoms with Crippen molar-refractivity contribution in [1.29, 1.82) is 0 Å². The molecule has 0 bridgehead atoms. The maximum absolute atomic E-state index is 13.6. The summed E-state index contributed by atoms with van der Waals surface area (Å²) in [6, 6.07) is 5.10. The quantitative estimate of drug-likeness (QED) is 0.916. The van der Waals surface area contributed by atoms with Crippen LogP contribution in [0, 0.1) is 12.7 Å². The summed E-state index contributed by atoms with van der Waals surface area (Å²) in [6.07, 6.45) is 0. The van der Waals surface area contributed by atoms with Crippen LogP contribution in [-0.2, 0) is 0 Å². The molecule has 0 aliphatic heterocycles. The van der Waals surface area contributed by atoms with Crippen molar-refractivity contribution in [3.8, 4) is 11.3 Å². The third-order valence-corrected chi connectivity index (χ3v) is 2.69. The normalized spacial score (nSPS) is 10.5. The second-order valence-electron chi connectivity index (χ2n) is 3.30. The van der Waals surface area contributed by atoms with E-state index < -0.39 is 0 Å². The summed E-state index contributed by atoms with van der Waals surface area (Å²) in [5, 5.41) is 2.78. The topological polar surface area (TPSA) is 38.1 Å². The van der Waals surface area contributed by atoms with Crippen molar-refractivity contribution in [1.82, 2.24) is 4.98 Å². The van der Waals surface area contributed by atoms with Gasteiger partial charge in [-0.1, -0.05) is 15.9 Å². The van der Waals surface area contributed by atoms with Gasteiger partial charge in [0.25, 0.3) is 6.01 Å². The van der Waals surface area contributed by atoms with E-state index in [1.165, 1.54) is 6.07 Å². The van der Waals surface area contributed by atoms with Crippen LogP contribution in [-0.4, -0.2) is 12.0 Å². The zero-order chi connectivity index (χ0) is 11.7. The zero-order valence-corrected chi connectivity index (χ0v) is 10.4. The molecule has 1 heterocycles. The van der Waals surface area contributed by atoms with Gasteiger partial charge in [-0.05, 0) is 25.1 Å². The molecule has 0 unspecified atom stereocenters. The number of rotatable bonds is 2. The van der Waals surface area contributed by atoms with Crippen molar-refractivity contribution in [3.05, 3.63) is 34.2 Å². The molecule has 0 aliphatic rings. The van der Waals surface area contributed by atoms with Gasteiger partial charge in [-0.15, -0.1) is 0 Å². The summed E-state index contributed by atoms with van der Waals surface area (Å²) in [7, 11) is 1.70. The predicted octanol–water partition coefficient (Wildman–Crippen LogP) is 3.59. The van der Waals surface area contributed by atoms with E-state index in [1.54, 1.807) is 26.1 Å². The first-order chi connectivity index (χ1) is 7.61. The summed E-state index contributed by atoms with van der Waals surface area (Å²) >= 11 is 3.30. The molecule has 2 aromatic rings. The second-order valence-corrected chi connectivity index (χ2v) is 4.21. The fourth-order valence-corrected chi connectivity index (χ4v) is 1.79. The van der Waals surface area contributed by atoms with Gasteiger partial charge >= 0.3 is 0 Å². The summed E-state index contributed by atoms with van der Waals surface area (Å²) < 4.78 is 19.7. The molecular weight excluding hydrogens is 275 g/mol. The highest BCUT2D eigenvalue weighted by molar-refractivity contribution is 9.10. The van der Waals surface area contributed by atoms with E-state index in [0.29, 0.717) is 23.0 Å². The molecule has 84 valence electrons. The average Bonchev–Trinajstić information content (AvgIpc) is 2.63. The van der Waals surface area contributed by atoms with Crippen molar-refractivity contribution in [2.45, 2.75) is 6.92 Å². The lowest BCUT2D eigenvalue weighted by molar-refractivity contribution is 0.544. The third kappa shape index (κ3) is 1.95. The monoisotopic (exact) mass is 284 g/mol. The first kappa shape index (κ1) is 11.1. The van der Waals surface area contributed by atoms with Gasteiger partial charge in [0.15, 0.2) is 0 Å². The molecule has 0 saturated carbocycles. The SMILES string of the molecule is CNc1nc(-c2cc(Br)ccc2F)c(C)o1. The van der Waals surface area contributed by atoms with Crippen LogP contribution in [0.5, 0.6) is 0 Å². The minimum Gasteiger partial charge on any atom is -0.428 e. The molecule has 2 rings (SSSR count). The summed E-state index contributed by atoms with van der Waals surface area (Å²) in [4.78, 5) is 4.16. The van der Waals surface area contributed by atoms with E-state index in [2.05, 4.69) is 26.2 Å². The van der Waals surface area contributed by atoms with E-state index in [4.69, 9.17) is 4.42 Å². The molecule has 0 fully saturated rings. The van der Waals surface area contributed by atoms with Crippen molar-refractivity contribution in [2.24, 2.45) is 0 Å². The Labute approximate surface area is 101 Å². The van der Waals surface area contributed by atoms with Crippen LogP contribution < -0.4 is 5.32 Å². The molecule has 1 aromatic heterocycles. The largest absolute Gasteiger partial charge is 0.428 e. The zero-order valence-electron chi connectivity index (χ0n) is 8.84. The van der Waals surface area contributed by atoms with Crippen LogP contribution in [0.15, 0.2) is 27.1 Å². The molecule has 5 heteroatoms. The molecule has 1 N–H and O–H groups in total. The Kier molecular flexibility index (Phi) is 2.96. The molecule has 3 nitrogen and oxygen atoms in total. The molecule has 1 aromatic carbocycles. The third-order valence-electron chi connectivity index (χ3n) is 2.19. The smallest absolute Gasteiger partial charge is 0.295 e. The number of aryl methyl sites for hydroxylation is 1. The average molecular weight is 285 g/mol. The second kappa shape index (κ2) is 4.25. The van der Waals surface area contributed by atoms with Gasteiger partial charge < -0.3 is 9.73 Å². The van der Waals surface area contributed by atoms with Gasteiger partial charge in [-0.25, -0.2) is 4.39 Å². The highest BCUT2D eigenvalue weighted by Crippen LogP contribution is 2.29. The standard InChI is InChI=1S/C11H10BrFN2O/c1-6-10(15-11(14-2)16-6)8-5-7(12)3-4-9(8)13/h3-5H,1-2H3,(H,14,15). The van der Waals surface area contributed by atoms with Crippen LogP contribution in [0.25, 0.3) is 11.3 Å². The lowest BCUT2D eigenvalue weighted by Gasteiger charge is -2.00. The van der Waals surface area contributed by atoms with Crippen molar-refractivity contribution in [3.63, 3.8) is 0 Å². The summed E-state index contributed by atoms with van der Waals surface area (Å²) in [6.45, 7) is 1.75. The first-order valence-corrected chi connectivity index (χ1v) is 5.51. The van der Waals surface area contributed by atoms with E-state index in [-0.39, 0.29) is 5.82 Å². The number of benzene rings is 1. The molecule has 0 aliphatic carbocycles. The summed E-state index contributed by atoms with van der Waals surface area (Å²) in [5.74, 6) is 0.267. The highest BCUT2D eigenvalue weighted by Gasteiger charge is 2.14. The molecular formula is C11H10BrFN2O. The number of hydrogen-bond donors (Lipinski definition) is 1. The lowest BCUT2D eigenvalue weighted by Crippen LogP contribution is -1.89. The van der Waals surface area contributed by atoms with Gasteiger partial charge in [-0.2, -0.15) is 4.98 Å². The molecule has 0 atom stereocenters. The molecule has 0 radical (unpaired) electrons. The molecule has 0 spiro atoms. The van der Waals surface area contributed by atoms with Gasteiger partial charge in [0.1, 0.15) is 17.3 Å². The van der Waals surface area contributed by atoms with E-state index >= 15 is 0 Å². The van der Waals surface area contributed by atoms with Gasteiger partial charge in [0.2, 0.25) is 0 Å². The van der Waals surface area contributed by atoms with Crippen LogP contribution >= 0.6 is 15.9 Å². The Balaban J connectivity index is 2.57. The Morgan fingerprint density at radius 3 is 2.81 bits per heavy atom. The minimum atomic E-state index is -0.317. The lowest BCUT2D eigenvalue weighted by atomic mass is 10.1. The Morgan fingerprint density at radius 2 is 2.19 bits per heavy atom. The van der Waals surface area contributed by atoms with Crippen LogP contribution in [0.4, 0.5) is 10.4 Å². The Bertz CT molecular complexity index is 525. The molecule has 0 saturated heterocycles. The maximum Gasteiger partial charge on any atom is 0.295 e. The number of oxazole rings is 1. The van der Waals surface area contributed by atoms with Gasteiger partial charge in [0, 0.05) is 17.1 Å². The van der Waals surface area contributed by atoms with E-state index in [1.807, 2.05) is 0 Å². The van der Waals surface area contributed by atoms with Gasteiger partial charge in [0.05, 0.1) is 0 Å².